The summed E-state index contributed by atoms with van der Waals surface area (Å²) in [6.45, 7) is 0.0941. The third-order valence-electron chi connectivity index (χ3n) is 6.13. The number of thioether (sulfide) groups is 1. The van der Waals surface area contributed by atoms with Gasteiger partial charge in [0.15, 0.2) is 0 Å². The number of nitrogens with zero attached hydrogens (tertiary/aromatic N) is 2. The number of hydrogen-bond donors (Lipinski definition) is 2. The number of aromatic nitrogens is 1. The Kier molecular flexibility index (Phi) is 8.18. The summed E-state index contributed by atoms with van der Waals surface area (Å²) in [6, 6.07) is 28.1. The molecule has 8 nitrogen and oxygen atoms in total. The van der Waals surface area contributed by atoms with Crippen LogP contribution in [0.2, 0.25) is 0 Å². The largest absolute Gasteiger partial charge is 0.444 e. The van der Waals surface area contributed by atoms with Crippen molar-refractivity contribution in [2.75, 3.05) is 16.4 Å². The molecule has 3 aromatic carbocycles. The molecule has 2 heterocycles. The zero-order valence-corrected chi connectivity index (χ0v) is 21.7. The maximum Gasteiger partial charge on any atom is 0.412 e. The maximum absolute atomic E-state index is 13.5. The average Bonchev–Trinajstić information content (AvgIpc) is 3.43. The highest BCUT2D eigenvalue weighted by Gasteiger charge is 2.43. The van der Waals surface area contributed by atoms with Crippen molar-refractivity contribution in [3.8, 4) is 0 Å². The minimum Gasteiger partial charge on any atom is -0.444 e. The molecule has 1 fully saturated rings. The highest BCUT2D eigenvalue weighted by atomic mass is 32.2. The predicted octanol–water partition coefficient (Wildman–Crippen LogP) is 5.73. The van der Waals surface area contributed by atoms with Crippen molar-refractivity contribution in [2.24, 2.45) is 0 Å². The molecule has 0 aliphatic carbocycles. The Morgan fingerprint density at radius 2 is 1.54 bits per heavy atom. The van der Waals surface area contributed by atoms with E-state index in [9.17, 15) is 14.4 Å². The molecule has 1 saturated heterocycles. The van der Waals surface area contributed by atoms with Crippen LogP contribution >= 0.6 is 11.8 Å². The zero-order chi connectivity index (χ0) is 27.0. The van der Waals surface area contributed by atoms with Crippen LogP contribution in [0.1, 0.15) is 26.9 Å². The highest BCUT2D eigenvalue weighted by molar-refractivity contribution is 7.99. The van der Waals surface area contributed by atoms with E-state index in [1.807, 2.05) is 60.7 Å². The number of anilines is 2. The van der Waals surface area contributed by atoms with Gasteiger partial charge in [0.05, 0.1) is 0 Å². The lowest BCUT2D eigenvalue weighted by molar-refractivity contribution is -0.120. The first-order chi connectivity index (χ1) is 19.1. The first-order valence-electron chi connectivity index (χ1n) is 12.4. The SMILES string of the molecule is O=C(Nc1ccccc1)c1cccc(NC(=O)C2CSC(c3ccncc3)N2C(=O)OCc2ccccc2)c1. The van der Waals surface area contributed by atoms with Gasteiger partial charge in [-0.1, -0.05) is 54.6 Å². The summed E-state index contributed by atoms with van der Waals surface area (Å²) in [5.74, 6) is -0.276. The number of pyridine rings is 1. The summed E-state index contributed by atoms with van der Waals surface area (Å²) < 4.78 is 5.63. The van der Waals surface area contributed by atoms with Gasteiger partial charge in [-0.3, -0.25) is 19.5 Å². The summed E-state index contributed by atoms with van der Waals surface area (Å²) in [7, 11) is 0. The standard InChI is InChI=1S/C30H26N4O4S/c35-27(32-24-11-5-2-6-12-24)23-10-7-13-25(18-23)33-28(36)26-20-39-29(22-14-16-31-17-15-22)34(26)30(37)38-19-21-8-3-1-4-9-21/h1-18,26,29H,19-20H2,(H,32,35)(H,33,36). The Morgan fingerprint density at radius 1 is 0.846 bits per heavy atom. The lowest BCUT2D eigenvalue weighted by Gasteiger charge is -2.28. The van der Waals surface area contributed by atoms with Gasteiger partial charge in [-0.25, -0.2) is 4.79 Å². The number of rotatable bonds is 7. The minimum atomic E-state index is -0.779. The molecule has 4 aromatic rings. The van der Waals surface area contributed by atoms with E-state index >= 15 is 0 Å². The van der Waals surface area contributed by atoms with E-state index in [1.54, 1.807) is 48.8 Å². The third-order valence-corrected chi connectivity index (χ3v) is 7.46. The summed E-state index contributed by atoms with van der Waals surface area (Å²) in [5.41, 5.74) is 3.22. The average molecular weight is 539 g/mol. The van der Waals surface area contributed by atoms with Crippen LogP contribution in [0.3, 0.4) is 0 Å². The second-order valence-electron chi connectivity index (χ2n) is 8.82. The van der Waals surface area contributed by atoms with Gasteiger partial charge in [0.2, 0.25) is 5.91 Å². The van der Waals surface area contributed by atoms with E-state index in [2.05, 4.69) is 15.6 Å². The quantitative estimate of drug-likeness (QED) is 0.312. The Balaban J connectivity index is 1.31. The number of carbonyl (C=O) groups excluding carboxylic acids is 3. The summed E-state index contributed by atoms with van der Waals surface area (Å²) >= 11 is 1.48. The molecule has 5 rings (SSSR count). The van der Waals surface area contributed by atoms with Gasteiger partial charge in [0.25, 0.3) is 5.91 Å². The molecular weight excluding hydrogens is 512 g/mol. The normalized spacial score (nSPS) is 16.4. The van der Waals surface area contributed by atoms with Gasteiger partial charge >= 0.3 is 6.09 Å². The number of amides is 3. The summed E-state index contributed by atoms with van der Waals surface area (Å²) in [4.78, 5) is 45.1. The third kappa shape index (κ3) is 6.45. The summed E-state index contributed by atoms with van der Waals surface area (Å²) in [5, 5.41) is 5.31. The van der Waals surface area contributed by atoms with Crippen LogP contribution in [0.15, 0.2) is 109 Å². The second kappa shape index (κ2) is 12.3. The monoisotopic (exact) mass is 538 g/mol. The van der Waals surface area contributed by atoms with Gasteiger partial charge in [-0.2, -0.15) is 0 Å². The van der Waals surface area contributed by atoms with Crippen LogP contribution in [-0.2, 0) is 16.1 Å². The van der Waals surface area contributed by atoms with Crippen LogP contribution in [0, 0.1) is 0 Å². The zero-order valence-electron chi connectivity index (χ0n) is 20.9. The molecule has 2 unspecified atom stereocenters. The van der Waals surface area contributed by atoms with E-state index in [0.717, 1.165) is 11.1 Å². The molecule has 1 aromatic heterocycles. The fourth-order valence-corrected chi connectivity index (χ4v) is 5.62. The number of para-hydroxylation sites is 1. The van der Waals surface area contributed by atoms with Gasteiger partial charge < -0.3 is 15.4 Å². The lowest BCUT2D eigenvalue weighted by atomic mass is 10.1. The topological polar surface area (TPSA) is 101 Å². The van der Waals surface area contributed by atoms with Crippen LogP contribution in [0.4, 0.5) is 16.2 Å². The van der Waals surface area contributed by atoms with Crippen molar-refractivity contribution in [3.05, 3.63) is 126 Å². The minimum absolute atomic E-state index is 0.0941. The Labute approximate surface area is 230 Å². The molecule has 1 aliphatic heterocycles. The second-order valence-corrected chi connectivity index (χ2v) is 9.93. The van der Waals surface area contributed by atoms with Crippen molar-refractivity contribution in [1.29, 1.82) is 0 Å². The molecule has 196 valence electrons. The number of carbonyl (C=O) groups is 3. The van der Waals surface area contributed by atoms with Crippen molar-refractivity contribution in [1.82, 2.24) is 9.88 Å². The number of nitrogens with one attached hydrogen (secondary N) is 2. The van der Waals surface area contributed by atoms with Crippen LogP contribution in [0.25, 0.3) is 0 Å². The molecule has 9 heteroatoms. The predicted molar refractivity (Wildman–Crippen MR) is 151 cm³/mol. The Morgan fingerprint density at radius 3 is 2.28 bits per heavy atom. The van der Waals surface area contributed by atoms with Gasteiger partial charge in [0.1, 0.15) is 18.0 Å². The highest BCUT2D eigenvalue weighted by Crippen LogP contribution is 2.42. The molecule has 39 heavy (non-hydrogen) atoms. The molecule has 2 atom stereocenters. The summed E-state index contributed by atoms with van der Waals surface area (Å²) in [6.07, 6.45) is 2.73. The van der Waals surface area contributed by atoms with Crippen molar-refractivity contribution >= 4 is 41.0 Å². The first kappa shape index (κ1) is 26.0. The van der Waals surface area contributed by atoms with Gasteiger partial charge in [-0.05, 0) is 53.6 Å². The molecular formula is C30H26N4O4S. The van der Waals surface area contributed by atoms with Gasteiger partial charge in [-0.15, -0.1) is 11.8 Å². The molecule has 0 saturated carbocycles. The van der Waals surface area contributed by atoms with Crippen LogP contribution < -0.4 is 10.6 Å². The number of ether oxygens (including phenoxy) is 1. The fourth-order valence-electron chi connectivity index (χ4n) is 4.20. The van der Waals surface area contributed by atoms with Crippen LogP contribution in [0.5, 0.6) is 0 Å². The fraction of sp³-hybridized carbons (Fsp3) is 0.133. The van der Waals surface area contributed by atoms with E-state index in [1.165, 1.54) is 16.7 Å². The van der Waals surface area contributed by atoms with Crippen LogP contribution in [-0.4, -0.2) is 39.6 Å². The number of hydrogen-bond acceptors (Lipinski definition) is 6. The lowest BCUT2D eigenvalue weighted by Crippen LogP contribution is -2.45. The smallest absolute Gasteiger partial charge is 0.412 e. The van der Waals surface area contributed by atoms with Crippen molar-refractivity contribution in [3.63, 3.8) is 0 Å². The Bertz CT molecular complexity index is 1440. The van der Waals surface area contributed by atoms with E-state index < -0.39 is 17.5 Å². The van der Waals surface area contributed by atoms with Crippen molar-refractivity contribution < 1.29 is 19.1 Å². The first-order valence-corrected chi connectivity index (χ1v) is 13.4. The van der Waals surface area contributed by atoms with Crippen molar-refractivity contribution in [2.45, 2.75) is 18.0 Å². The molecule has 0 spiro atoms. The van der Waals surface area contributed by atoms with E-state index in [-0.39, 0.29) is 18.4 Å². The van der Waals surface area contributed by atoms with E-state index in [4.69, 9.17) is 4.74 Å². The number of benzene rings is 3. The van der Waals surface area contributed by atoms with E-state index in [0.29, 0.717) is 22.7 Å². The molecule has 1 aliphatic rings. The Hall–Kier alpha value is -4.63. The molecule has 0 bridgehead atoms. The van der Waals surface area contributed by atoms with Gasteiger partial charge in [0, 0.05) is 35.1 Å². The molecule has 3 amide bonds. The molecule has 2 N–H and O–H groups in total. The molecule has 0 radical (unpaired) electrons. The maximum atomic E-state index is 13.5.